The highest BCUT2D eigenvalue weighted by molar-refractivity contribution is 5.77. The molecule has 0 aliphatic carbocycles. The van der Waals surface area contributed by atoms with Crippen LogP contribution >= 0.6 is 0 Å². The summed E-state index contributed by atoms with van der Waals surface area (Å²) in [5, 5.41) is 3.35. The van der Waals surface area contributed by atoms with Crippen LogP contribution in [0, 0.1) is 0 Å². The first-order valence-electron chi connectivity index (χ1n) is 6.72. The maximum atomic E-state index is 12.1. The van der Waals surface area contributed by atoms with E-state index in [0.29, 0.717) is 12.1 Å². The van der Waals surface area contributed by atoms with E-state index in [4.69, 9.17) is 4.74 Å². The summed E-state index contributed by atoms with van der Waals surface area (Å²) in [4.78, 5) is 16.1. The van der Waals surface area contributed by atoms with Gasteiger partial charge in [-0.3, -0.25) is 0 Å². The van der Waals surface area contributed by atoms with Crippen molar-refractivity contribution in [2.45, 2.75) is 31.4 Å². The Labute approximate surface area is 102 Å². The minimum absolute atomic E-state index is 0.231. The van der Waals surface area contributed by atoms with Gasteiger partial charge in [0.15, 0.2) is 0 Å². The third kappa shape index (κ3) is 2.26. The average Bonchev–Trinajstić information content (AvgIpc) is 2.96. The second-order valence-corrected chi connectivity index (χ2v) is 5.20. The normalized spacial score (nSPS) is 33.3. The number of carbonyl (C=O) groups is 1. The molecule has 2 atom stereocenters. The van der Waals surface area contributed by atoms with Crippen molar-refractivity contribution in [3.63, 3.8) is 0 Å². The Bertz CT molecular complexity index is 291. The summed E-state index contributed by atoms with van der Waals surface area (Å²) in [6.07, 6.45) is 3.73. The van der Waals surface area contributed by atoms with Crippen molar-refractivity contribution in [2.24, 2.45) is 0 Å². The van der Waals surface area contributed by atoms with Gasteiger partial charge in [0.2, 0.25) is 0 Å². The lowest BCUT2D eigenvalue weighted by molar-refractivity contribution is 0.0966. The lowest BCUT2D eigenvalue weighted by Gasteiger charge is -2.28. The molecule has 3 aliphatic rings. The molecule has 2 unspecified atom stereocenters. The van der Waals surface area contributed by atoms with Crippen molar-refractivity contribution in [1.29, 1.82) is 0 Å². The van der Waals surface area contributed by atoms with Gasteiger partial charge in [-0.15, -0.1) is 0 Å². The fourth-order valence-corrected chi connectivity index (χ4v) is 3.05. The highest BCUT2D eigenvalue weighted by Crippen LogP contribution is 2.20. The van der Waals surface area contributed by atoms with Crippen LogP contribution in [-0.2, 0) is 4.74 Å². The molecule has 3 aliphatic heterocycles. The molecule has 0 bridgehead atoms. The molecule has 0 spiro atoms. The summed E-state index contributed by atoms with van der Waals surface area (Å²) in [6.45, 7) is 5.39. The molecule has 3 saturated heterocycles. The number of hydrogen-bond donors (Lipinski definition) is 1. The second-order valence-electron chi connectivity index (χ2n) is 5.20. The molecular formula is C12H21N3O2. The van der Waals surface area contributed by atoms with Crippen LogP contribution in [0.15, 0.2) is 0 Å². The molecule has 3 heterocycles. The summed E-state index contributed by atoms with van der Waals surface area (Å²) >= 11 is 0. The van der Waals surface area contributed by atoms with Gasteiger partial charge < -0.3 is 19.9 Å². The van der Waals surface area contributed by atoms with Crippen molar-refractivity contribution >= 4 is 6.03 Å². The topological polar surface area (TPSA) is 44.8 Å². The number of ether oxygens (including phenoxy) is 1. The van der Waals surface area contributed by atoms with Crippen LogP contribution in [0.1, 0.15) is 19.3 Å². The molecule has 0 saturated carbocycles. The molecule has 0 radical (unpaired) electrons. The zero-order valence-electron chi connectivity index (χ0n) is 10.2. The van der Waals surface area contributed by atoms with Gasteiger partial charge in [0.25, 0.3) is 0 Å². The molecule has 1 N–H and O–H groups in total. The lowest BCUT2D eigenvalue weighted by atomic mass is 10.2. The summed E-state index contributed by atoms with van der Waals surface area (Å²) < 4.78 is 5.60. The highest BCUT2D eigenvalue weighted by Gasteiger charge is 2.38. The monoisotopic (exact) mass is 239 g/mol. The fourth-order valence-electron chi connectivity index (χ4n) is 3.05. The average molecular weight is 239 g/mol. The maximum absolute atomic E-state index is 12.1. The maximum Gasteiger partial charge on any atom is 0.320 e. The molecule has 3 fully saturated rings. The van der Waals surface area contributed by atoms with Crippen LogP contribution in [0.25, 0.3) is 0 Å². The van der Waals surface area contributed by atoms with Gasteiger partial charge in [-0.1, -0.05) is 0 Å². The van der Waals surface area contributed by atoms with Crippen LogP contribution in [-0.4, -0.2) is 67.3 Å². The van der Waals surface area contributed by atoms with E-state index in [-0.39, 0.29) is 6.03 Å². The third-order valence-electron chi connectivity index (χ3n) is 4.04. The molecule has 3 rings (SSSR count). The molecule has 17 heavy (non-hydrogen) atoms. The number of urea groups is 1. The number of piperazine rings is 1. The minimum Gasteiger partial charge on any atom is -0.378 e. The first-order valence-corrected chi connectivity index (χ1v) is 6.72. The van der Waals surface area contributed by atoms with Gasteiger partial charge in [0.05, 0.1) is 12.1 Å². The van der Waals surface area contributed by atoms with E-state index in [1.807, 2.05) is 9.80 Å². The van der Waals surface area contributed by atoms with E-state index in [1.54, 1.807) is 0 Å². The Kier molecular flexibility index (Phi) is 3.20. The number of hydrogen-bond acceptors (Lipinski definition) is 3. The molecule has 2 amide bonds. The summed E-state index contributed by atoms with van der Waals surface area (Å²) in [6, 6.07) is 0.621. The SMILES string of the molecule is O=C1N(CCC2CCCO2)CC2CNCCN12. The largest absolute Gasteiger partial charge is 0.378 e. The van der Waals surface area contributed by atoms with Crippen LogP contribution in [0.4, 0.5) is 4.79 Å². The van der Waals surface area contributed by atoms with Crippen molar-refractivity contribution in [3.05, 3.63) is 0 Å². The molecule has 5 nitrogen and oxygen atoms in total. The Morgan fingerprint density at radius 1 is 1.47 bits per heavy atom. The summed E-state index contributed by atoms with van der Waals surface area (Å²) in [7, 11) is 0. The second kappa shape index (κ2) is 4.82. The number of nitrogens with zero attached hydrogens (tertiary/aromatic N) is 2. The van der Waals surface area contributed by atoms with Crippen molar-refractivity contribution < 1.29 is 9.53 Å². The smallest absolute Gasteiger partial charge is 0.320 e. The quantitative estimate of drug-likeness (QED) is 0.768. The van der Waals surface area contributed by atoms with Crippen LogP contribution in [0.3, 0.4) is 0 Å². The number of amides is 2. The van der Waals surface area contributed by atoms with Gasteiger partial charge in [-0.2, -0.15) is 0 Å². The molecule has 96 valence electrons. The molecule has 5 heteroatoms. The zero-order valence-corrected chi connectivity index (χ0v) is 10.2. The number of nitrogens with one attached hydrogen (secondary N) is 1. The number of carbonyl (C=O) groups excluding carboxylic acids is 1. The van der Waals surface area contributed by atoms with E-state index in [1.165, 1.54) is 6.42 Å². The zero-order chi connectivity index (χ0) is 11.7. The summed E-state index contributed by atoms with van der Waals surface area (Å²) in [5.41, 5.74) is 0. The Balaban J connectivity index is 1.51. The Morgan fingerprint density at radius 2 is 2.41 bits per heavy atom. The molecular weight excluding hydrogens is 218 g/mol. The predicted molar refractivity (Wildman–Crippen MR) is 63.9 cm³/mol. The van der Waals surface area contributed by atoms with E-state index in [9.17, 15) is 4.79 Å². The molecule has 0 aromatic rings. The first-order chi connectivity index (χ1) is 8.34. The summed E-state index contributed by atoms with van der Waals surface area (Å²) in [5.74, 6) is 0. The Morgan fingerprint density at radius 3 is 3.18 bits per heavy atom. The van der Waals surface area contributed by atoms with Gasteiger partial charge in [-0.05, 0) is 19.3 Å². The van der Waals surface area contributed by atoms with E-state index in [0.717, 1.165) is 52.2 Å². The highest BCUT2D eigenvalue weighted by atomic mass is 16.5. The van der Waals surface area contributed by atoms with Crippen molar-refractivity contribution in [2.75, 3.05) is 39.3 Å². The van der Waals surface area contributed by atoms with Crippen LogP contribution in [0.5, 0.6) is 0 Å². The van der Waals surface area contributed by atoms with Crippen molar-refractivity contribution in [1.82, 2.24) is 15.1 Å². The number of rotatable bonds is 3. The van der Waals surface area contributed by atoms with Crippen LogP contribution in [0.2, 0.25) is 0 Å². The fraction of sp³-hybridized carbons (Fsp3) is 0.917. The third-order valence-corrected chi connectivity index (χ3v) is 4.04. The van der Waals surface area contributed by atoms with Gasteiger partial charge >= 0.3 is 6.03 Å². The minimum atomic E-state index is 0.231. The van der Waals surface area contributed by atoms with Crippen molar-refractivity contribution in [3.8, 4) is 0 Å². The standard InChI is InChI=1S/C12H21N3O2/c16-12-14(5-3-11-2-1-7-17-11)9-10-8-13-4-6-15(10)12/h10-11,13H,1-9H2. The molecule has 0 aromatic carbocycles. The van der Waals surface area contributed by atoms with E-state index >= 15 is 0 Å². The Hall–Kier alpha value is -0.810. The predicted octanol–water partition coefficient (Wildman–Crippen LogP) is 0.265. The first kappa shape index (κ1) is 11.3. The van der Waals surface area contributed by atoms with Gasteiger partial charge in [0.1, 0.15) is 0 Å². The number of fused-ring (bicyclic) bond motifs is 1. The molecule has 0 aromatic heterocycles. The van der Waals surface area contributed by atoms with E-state index in [2.05, 4.69) is 5.32 Å². The van der Waals surface area contributed by atoms with Gasteiger partial charge in [-0.25, -0.2) is 4.79 Å². The van der Waals surface area contributed by atoms with Crippen LogP contribution < -0.4 is 5.32 Å². The van der Waals surface area contributed by atoms with Gasteiger partial charge in [0, 0.05) is 39.3 Å². The van der Waals surface area contributed by atoms with E-state index < -0.39 is 0 Å². The lowest BCUT2D eigenvalue weighted by Crippen LogP contribution is -2.49.